The van der Waals surface area contributed by atoms with Gasteiger partial charge in [0.15, 0.2) is 0 Å². The van der Waals surface area contributed by atoms with Crippen molar-refractivity contribution in [2.75, 3.05) is 5.75 Å². The summed E-state index contributed by atoms with van der Waals surface area (Å²) in [6, 6.07) is 9.37. The Morgan fingerprint density at radius 3 is 2.73 bits per heavy atom. The Morgan fingerprint density at radius 2 is 2.09 bits per heavy atom. The third-order valence-electron chi connectivity index (χ3n) is 3.37. The van der Waals surface area contributed by atoms with E-state index in [1.807, 2.05) is 17.5 Å². The van der Waals surface area contributed by atoms with E-state index in [1.54, 1.807) is 24.3 Å². The van der Waals surface area contributed by atoms with E-state index in [4.69, 9.17) is 11.6 Å². The van der Waals surface area contributed by atoms with Gasteiger partial charge in [-0.1, -0.05) is 23.7 Å². The molecular weight excluding hydrogens is 342 g/mol. The van der Waals surface area contributed by atoms with Gasteiger partial charge in [-0.2, -0.15) is 0 Å². The van der Waals surface area contributed by atoms with Gasteiger partial charge in [-0.15, -0.1) is 23.1 Å². The van der Waals surface area contributed by atoms with Crippen LogP contribution in [0.15, 0.2) is 41.8 Å². The zero-order valence-corrected chi connectivity index (χ0v) is 13.7. The Hall–Kier alpha value is -1.50. The normalized spacial score (nSPS) is 21.0. The van der Waals surface area contributed by atoms with Crippen molar-refractivity contribution in [1.29, 1.82) is 0 Å². The molecule has 7 heteroatoms. The molecule has 2 aromatic rings. The van der Waals surface area contributed by atoms with E-state index in [1.165, 1.54) is 28.0 Å². The highest BCUT2D eigenvalue weighted by molar-refractivity contribution is 7.99. The average molecular weight is 353 g/mol. The van der Waals surface area contributed by atoms with E-state index >= 15 is 0 Å². The summed E-state index contributed by atoms with van der Waals surface area (Å²) in [6.45, 7) is 0. The molecule has 22 heavy (non-hydrogen) atoms. The molecule has 1 aliphatic heterocycles. The lowest BCUT2D eigenvalue weighted by atomic mass is 10.1. The molecule has 0 radical (unpaired) electrons. The highest BCUT2D eigenvalue weighted by atomic mass is 35.5. The molecule has 0 N–H and O–H groups in total. The minimum absolute atomic E-state index is 0.311. The van der Waals surface area contributed by atoms with Crippen molar-refractivity contribution >= 4 is 46.6 Å². The molecule has 0 saturated carbocycles. The molecule has 1 aliphatic rings. The fourth-order valence-electron chi connectivity index (χ4n) is 2.36. The molecule has 1 amide bonds. The van der Waals surface area contributed by atoms with Crippen molar-refractivity contribution in [2.24, 2.45) is 0 Å². The van der Waals surface area contributed by atoms with Crippen LogP contribution in [0.25, 0.3) is 0 Å². The Morgan fingerprint density at radius 1 is 1.27 bits per heavy atom. The minimum atomic E-state index is -1.23. The van der Waals surface area contributed by atoms with Crippen molar-refractivity contribution < 1.29 is 14.7 Å². The number of amides is 1. The molecular formula is C15H11ClNO3S2-. The predicted octanol–water partition coefficient (Wildman–Crippen LogP) is 2.41. The number of carboxylic acids is 1. The molecule has 114 valence electrons. The number of carboxylic acid groups (broad SMARTS) is 1. The first-order valence-corrected chi connectivity index (χ1v) is 8.82. The Labute approximate surface area is 140 Å². The lowest BCUT2D eigenvalue weighted by Crippen LogP contribution is -2.48. The van der Waals surface area contributed by atoms with Gasteiger partial charge in [-0.05, 0) is 29.6 Å². The molecule has 3 rings (SSSR count). The molecule has 1 fully saturated rings. The molecule has 2 atom stereocenters. The zero-order chi connectivity index (χ0) is 15.7. The van der Waals surface area contributed by atoms with E-state index in [2.05, 4.69) is 0 Å². The number of hydrogen-bond acceptors (Lipinski definition) is 5. The van der Waals surface area contributed by atoms with E-state index in [0.29, 0.717) is 16.3 Å². The third kappa shape index (κ3) is 2.86. The van der Waals surface area contributed by atoms with E-state index in [0.717, 1.165) is 4.88 Å². The number of carbonyl (C=O) groups excluding carboxylic acids is 2. The van der Waals surface area contributed by atoms with Crippen molar-refractivity contribution in [2.45, 2.75) is 11.4 Å². The summed E-state index contributed by atoms with van der Waals surface area (Å²) in [5.74, 6) is -1.26. The van der Waals surface area contributed by atoms with Gasteiger partial charge >= 0.3 is 0 Å². The van der Waals surface area contributed by atoms with Gasteiger partial charge in [0.1, 0.15) is 5.37 Å². The van der Waals surface area contributed by atoms with Crippen molar-refractivity contribution in [3.8, 4) is 0 Å². The summed E-state index contributed by atoms with van der Waals surface area (Å²) >= 11 is 8.86. The van der Waals surface area contributed by atoms with Gasteiger partial charge in [-0.3, -0.25) is 4.79 Å². The van der Waals surface area contributed by atoms with E-state index < -0.39 is 12.0 Å². The van der Waals surface area contributed by atoms with Gasteiger partial charge in [0.05, 0.1) is 12.0 Å². The lowest BCUT2D eigenvalue weighted by molar-refractivity contribution is -0.310. The highest BCUT2D eigenvalue weighted by Gasteiger charge is 2.40. The number of thioether (sulfide) groups is 1. The van der Waals surface area contributed by atoms with Crippen molar-refractivity contribution in [1.82, 2.24) is 4.90 Å². The number of thiophene rings is 1. The van der Waals surface area contributed by atoms with Crippen LogP contribution in [0, 0.1) is 0 Å². The number of aliphatic carboxylic acids is 1. The Balaban J connectivity index is 1.98. The summed E-state index contributed by atoms with van der Waals surface area (Å²) in [7, 11) is 0. The third-order valence-corrected chi connectivity index (χ3v) is 5.98. The number of nitrogens with zero attached hydrogens (tertiary/aromatic N) is 1. The first kappa shape index (κ1) is 15.4. The largest absolute Gasteiger partial charge is 0.548 e. The molecule has 4 nitrogen and oxygen atoms in total. The smallest absolute Gasteiger partial charge is 0.255 e. The molecule has 0 spiro atoms. The Kier molecular flexibility index (Phi) is 4.42. The number of rotatable bonds is 3. The fourth-order valence-corrected chi connectivity index (χ4v) is 4.93. The first-order chi connectivity index (χ1) is 10.6. The lowest BCUT2D eigenvalue weighted by Gasteiger charge is -2.29. The summed E-state index contributed by atoms with van der Waals surface area (Å²) in [5.41, 5.74) is 0.378. The number of halogens is 1. The highest BCUT2D eigenvalue weighted by Crippen LogP contribution is 2.43. The molecule has 0 unspecified atom stereocenters. The standard InChI is InChI=1S/C15H12ClNO3S2/c16-10-4-1-3-9(7-10)13(18)17-11(15(19)20)8-22-14(17)12-5-2-6-21-12/h1-7,11,14H,8H2,(H,19,20)/p-1/t11-,14+/m0/s1. The van der Waals surface area contributed by atoms with Crippen LogP contribution in [0.5, 0.6) is 0 Å². The molecule has 0 bridgehead atoms. The summed E-state index contributed by atoms with van der Waals surface area (Å²) in [6.07, 6.45) is 0. The number of carbonyl (C=O) groups is 2. The first-order valence-electron chi connectivity index (χ1n) is 6.52. The zero-order valence-electron chi connectivity index (χ0n) is 11.3. The number of hydrogen-bond donors (Lipinski definition) is 0. The predicted molar refractivity (Wildman–Crippen MR) is 85.9 cm³/mol. The molecule has 1 aromatic heterocycles. The Bertz CT molecular complexity index is 705. The summed E-state index contributed by atoms with van der Waals surface area (Å²) in [5, 5.41) is 13.4. The molecule has 1 aromatic carbocycles. The van der Waals surface area contributed by atoms with Crippen molar-refractivity contribution in [3.63, 3.8) is 0 Å². The van der Waals surface area contributed by atoms with Crippen LogP contribution in [0.3, 0.4) is 0 Å². The van der Waals surface area contributed by atoms with Crippen LogP contribution in [0.2, 0.25) is 5.02 Å². The second-order valence-electron chi connectivity index (χ2n) is 4.76. The maximum absolute atomic E-state index is 12.8. The monoisotopic (exact) mass is 352 g/mol. The SMILES string of the molecule is O=C([O-])[C@@H]1CS[C@H](c2cccs2)N1C(=O)c1cccc(Cl)c1. The van der Waals surface area contributed by atoms with Gasteiger partial charge in [0.25, 0.3) is 5.91 Å². The maximum Gasteiger partial charge on any atom is 0.255 e. The second kappa shape index (κ2) is 6.32. The van der Waals surface area contributed by atoms with Crippen LogP contribution < -0.4 is 5.11 Å². The van der Waals surface area contributed by atoms with Crippen LogP contribution >= 0.6 is 34.7 Å². The van der Waals surface area contributed by atoms with E-state index in [-0.39, 0.29) is 11.3 Å². The topological polar surface area (TPSA) is 60.4 Å². The van der Waals surface area contributed by atoms with Gasteiger partial charge in [0, 0.05) is 21.2 Å². The quantitative estimate of drug-likeness (QED) is 0.851. The van der Waals surface area contributed by atoms with Crippen LogP contribution in [-0.4, -0.2) is 28.6 Å². The van der Waals surface area contributed by atoms with Gasteiger partial charge < -0.3 is 14.8 Å². The fraction of sp³-hybridized carbons (Fsp3) is 0.200. The molecule has 1 saturated heterocycles. The van der Waals surface area contributed by atoms with Crippen LogP contribution in [-0.2, 0) is 4.79 Å². The van der Waals surface area contributed by atoms with Gasteiger partial charge in [-0.25, -0.2) is 0 Å². The van der Waals surface area contributed by atoms with Crippen LogP contribution in [0.1, 0.15) is 20.6 Å². The summed E-state index contributed by atoms with van der Waals surface area (Å²) < 4.78 is 0. The van der Waals surface area contributed by atoms with Gasteiger partial charge in [0.2, 0.25) is 0 Å². The second-order valence-corrected chi connectivity index (χ2v) is 7.29. The molecule has 2 heterocycles. The maximum atomic E-state index is 12.8. The van der Waals surface area contributed by atoms with E-state index in [9.17, 15) is 14.7 Å². The number of benzene rings is 1. The van der Waals surface area contributed by atoms with Crippen molar-refractivity contribution in [3.05, 3.63) is 57.2 Å². The molecule has 0 aliphatic carbocycles. The minimum Gasteiger partial charge on any atom is -0.548 e. The summed E-state index contributed by atoms with van der Waals surface area (Å²) in [4.78, 5) is 26.5. The van der Waals surface area contributed by atoms with Crippen LogP contribution in [0.4, 0.5) is 0 Å². The average Bonchev–Trinajstić information content (AvgIpc) is 3.15.